The number of ether oxygens (including phenoxy) is 1. The quantitative estimate of drug-likeness (QED) is 0.663. The third-order valence-electron chi connectivity index (χ3n) is 3.83. The van der Waals surface area contributed by atoms with Crippen LogP contribution >= 0.6 is 11.6 Å². The monoisotopic (exact) mass is 340 g/mol. The maximum atomic E-state index is 8.08. The van der Waals surface area contributed by atoms with Gasteiger partial charge in [0.1, 0.15) is 0 Å². The predicted molar refractivity (Wildman–Crippen MR) is 101 cm³/mol. The Kier molecular flexibility index (Phi) is 6.36. The molecule has 0 aliphatic heterocycles. The van der Waals surface area contributed by atoms with Gasteiger partial charge in [-0.3, -0.25) is 0 Å². The van der Waals surface area contributed by atoms with Crippen molar-refractivity contribution < 1.29 is 4.74 Å². The van der Waals surface area contributed by atoms with Crippen molar-refractivity contribution in [1.82, 2.24) is 4.90 Å². The minimum absolute atomic E-state index is 0.408. The Balaban J connectivity index is 2.36. The second kappa shape index (κ2) is 8.48. The molecule has 2 aromatic carbocycles. The van der Waals surface area contributed by atoms with Gasteiger partial charge < -0.3 is 15.0 Å². The summed E-state index contributed by atoms with van der Waals surface area (Å²) in [7, 11) is 0. The molecule has 4 heteroatoms. The molecule has 0 aliphatic carbocycles. The third-order valence-corrected chi connectivity index (χ3v) is 4.08. The van der Waals surface area contributed by atoms with Gasteiger partial charge in [-0.05, 0) is 35.7 Å². The summed E-state index contributed by atoms with van der Waals surface area (Å²) in [6, 6.07) is 17.1. The lowest BCUT2D eigenvalue weighted by molar-refractivity contribution is 0.0326. The molecule has 124 valence electrons. The van der Waals surface area contributed by atoms with E-state index < -0.39 is 5.60 Å². The lowest BCUT2D eigenvalue weighted by atomic mass is 9.87. The Bertz CT molecular complexity index is 677. The molecule has 0 amide bonds. The lowest BCUT2D eigenvalue weighted by Gasteiger charge is -2.32. The Labute approximate surface area is 148 Å². The van der Waals surface area contributed by atoms with Crippen molar-refractivity contribution in [3.8, 4) is 0 Å². The second-order valence-corrected chi connectivity index (χ2v) is 5.64. The molecule has 0 aliphatic rings. The molecule has 1 atom stereocenters. The van der Waals surface area contributed by atoms with Crippen LogP contribution in [-0.2, 0) is 10.3 Å². The molecular weight excluding hydrogens is 320 g/mol. The van der Waals surface area contributed by atoms with E-state index in [9.17, 15) is 0 Å². The van der Waals surface area contributed by atoms with E-state index in [2.05, 4.69) is 13.2 Å². The van der Waals surface area contributed by atoms with Gasteiger partial charge in [-0.1, -0.05) is 67.2 Å². The molecule has 2 aromatic rings. The summed E-state index contributed by atoms with van der Waals surface area (Å²) < 4.78 is 6.20. The maximum absolute atomic E-state index is 8.08. The van der Waals surface area contributed by atoms with Crippen molar-refractivity contribution in [3.63, 3.8) is 0 Å². The Morgan fingerprint density at radius 1 is 1.00 bits per heavy atom. The van der Waals surface area contributed by atoms with E-state index in [4.69, 9.17) is 21.7 Å². The SMILES string of the molecule is C=CN(C=C)CCOC(C=N)(c1ccccc1)c1ccc(Cl)cc1. The summed E-state index contributed by atoms with van der Waals surface area (Å²) >= 11 is 6.01. The largest absolute Gasteiger partial charge is 0.358 e. The van der Waals surface area contributed by atoms with Crippen molar-refractivity contribution in [2.75, 3.05) is 13.2 Å². The Morgan fingerprint density at radius 2 is 1.58 bits per heavy atom. The fourth-order valence-electron chi connectivity index (χ4n) is 2.49. The summed E-state index contributed by atoms with van der Waals surface area (Å²) in [5.74, 6) is 0. The van der Waals surface area contributed by atoms with E-state index in [1.54, 1.807) is 24.5 Å². The average Bonchev–Trinajstić information content (AvgIpc) is 2.64. The summed E-state index contributed by atoms with van der Waals surface area (Å²) in [6.45, 7) is 8.47. The molecule has 0 heterocycles. The molecule has 1 unspecified atom stereocenters. The Morgan fingerprint density at radius 3 is 2.12 bits per heavy atom. The summed E-state index contributed by atoms with van der Waals surface area (Å²) in [6.07, 6.45) is 4.71. The first-order valence-electron chi connectivity index (χ1n) is 7.64. The number of nitrogens with zero attached hydrogens (tertiary/aromatic N) is 1. The molecular formula is C20H21ClN2O. The van der Waals surface area contributed by atoms with Gasteiger partial charge in [-0.15, -0.1) is 0 Å². The molecule has 0 spiro atoms. The van der Waals surface area contributed by atoms with Gasteiger partial charge in [0.2, 0.25) is 0 Å². The van der Waals surface area contributed by atoms with Crippen LogP contribution < -0.4 is 0 Å². The summed E-state index contributed by atoms with van der Waals surface area (Å²) in [4.78, 5) is 1.83. The first-order chi connectivity index (χ1) is 11.7. The molecule has 1 N–H and O–H groups in total. The molecule has 0 saturated carbocycles. The molecule has 0 saturated heterocycles. The van der Waals surface area contributed by atoms with Crippen LogP contribution in [0.15, 0.2) is 80.2 Å². The molecule has 3 nitrogen and oxygen atoms in total. The zero-order chi connectivity index (χ0) is 17.4. The maximum Gasteiger partial charge on any atom is 0.153 e. The highest BCUT2D eigenvalue weighted by Crippen LogP contribution is 2.32. The smallest absolute Gasteiger partial charge is 0.153 e. The molecule has 24 heavy (non-hydrogen) atoms. The number of halogens is 1. The molecule has 0 radical (unpaired) electrons. The van der Waals surface area contributed by atoms with Crippen LogP contribution in [0, 0.1) is 5.41 Å². The molecule has 2 rings (SSSR count). The number of hydrogen-bond acceptors (Lipinski definition) is 3. The van der Waals surface area contributed by atoms with Gasteiger partial charge in [0.15, 0.2) is 5.60 Å². The van der Waals surface area contributed by atoms with Crippen molar-refractivity contribution >= 4 is 17.8 Å². The lowest BCUT2D eigenvalue weighted by Crippen LogP contribution is -2.35. The standard InChI is InChI=1S/C20H21ClN2O/c1-3-23(4-2)14-15-24-20(16-22,17-8-6-5-7-9-17)18-10-12-19(21)13-11-18/h3-13,16,22H,1-2,14-15H2. The fourth-order valence-corrected chi connectivity index (χ4v) is 2.62. The zero-order valence-corrected chi connectivity index (χ0v) is 14.2. The van der Waals surface area contributed by atoms with E-state index in [0.29, 0.717) is 18.2 Å². The summed E-state index contributed by atoms with van der Waals surface area (Å²) in [5.41, 5.74) is 0.794. The second-order valence-electron chi connectivity index (χ2n) is 5.20. The van der Waals surface area contributed by atoms with E-state index in [0.717, 1.165) is 11.1 Å². The number of benzene rings is 2. The van der Waals surface area contributed by atoms with Crippen LogP contribution in [0.1, 0.15) is 11.1 Å². The fraction of sp³-hybridized carbons (Fsp3) is 0.150. The highest BCUT2D eigenvalue weighted by atomic mass is 35.5. The van der Waals surface area contributed by atoms with E-state index in [1.165, 1.54) is 6.21 Å². The van der Waals surface area contributed by atoms with Gasteiger partial charge >= 0.3 is 0 Å². The minimum Gasteiger partial charge on any atom is -0.358 e. The van der Waals surface area contributed by atoms with Gasteiger partial charge in [0, 0.05) is 17.8 Å². The first-order valence-corrected chi connectivity index (χ1v) is 8.02. The van der Waals surface area contributed by atoms with Crippen molar-refractivity contribution in [2.24, 2.45) is 0 Å². The van der Waals surface area contributed by atoms with Gasteiger partial charge in [0.25, 0.3) is 0 Å². The van der Waals surface area contributed by atoms with Crippen LogP contribution in [-0.4, -0.2) is 24.3 Å². The van der Waals surface area contributed by atoms with E-state index in [-0.39, 0.29) is 0 Å². The predicted octanol–water partition coefficient (Wildman–Crippen LogP) is 4.84. The van der Waals surface area contributed by atoms with Crippen molar-refractivity contribution in [3.05, 3.63) is 96.3 Å². The average molecular weight is 341 g/mol. The third kappa shape index (κ3) is 3.94. The van der Waals surface area contributed by atoms with E-state index in [1.807, 2.05) is 47.4 Å². The van der Waals surface area contributed by atoms with Crippen LogP contribution in [0.3, 0.4) is 0 Å². The minimum atomic E-state index is -0.958. The zero-order valence-electron chi connectivity index (χ0n) is 13.5. The highest BCUT2D eigenvalue weighted by molar-refractivity contribution is 6.30. The number of nitrogens with one attached hydrogen (secondary N) is 1. The number of hydrogen-bond donors (Lipinski definition) is 1. The van der Waals surface area contributed by atoms with Crippen LogP contribution in [0.25, 0.3) is 0 Å². The van der Waals surface area contributed by atoms with Crippen molar-refractivity contribution in [2.45, 2.75) is 5.60 Å². The van der Waals surface area contributed by atoms with Crippen LogP contribution in [0.4, 0.5) is 0 Å². The van der Waals surface area contributed by atoms with Gasteiger partial charge in [-0.25, -0.2) is 0 Å². The molecule has 0 aromatic heterocycles. The van der Waals surface area contributed by atoms with Gasteiger partial charge in [-0.2, -0.15) is 0 Å². The normalized spacial score (nSPS) is 12.9. The topological polar surface area (TPSA) is 36.3 Å². The molecule has 0 fully saturated rings. The Hall–Kier alpha value is -2.36. The van der Waals surface area contributed by atoms with Crippen LogP contribution in [0.5, 0.6) is 0 Å². The number of rotatable bonds is 9. The highest BCUT2D eigenvalue weighted by Gasteiger charge is 2.33. The molecule has 0 bridgehead atoms. The van der Waals surface area contributed by atoms with Crippen LogP contribution in [0.2, 0.25) is 5.02 Å². The van der Waals surface area contributed by atoms with Gasteiger partial charge in [0.05, 0.1) is 6.61 Å². The van der Waals surface area contributed by atoms with E-state index >= 15 is 0 Å². The first kappa shape index (κ1) is 18.0. The summed E-state index contributed by atoms with van der Waals surface area (Å²) in [5, 5.41) is 8.72. The van der Waals surface area contributed by atoms with Crippen molar-refractivity contribution in [1.29, 1.82) is 5.41 Å².